The van der Waals surface area contributed by atoms with Crippen molar-refractivity contribution in [2.24, 2.45) is 0 Å². The average Bonchev–Trinajstić information content (AvgIpc) is 2.26. The summed E-state index contributed by atoms with van der Waals surface area (Å²) in [5.74, 6) is -1.54. The van der Waals surface area contributed by atoms with Crippen molar-refractivity contribution < 1.29 is 27.8 Å². The molecule has 1 aromatic heterocycles. The summed E-state index contributed by atoms with van der Waals surface area (Å²) in [5.41, 5.74) is -0.323. The normalized spacial score (nSPS) is 12.5. The molecule has 1 atom stereocenters. The van der Waals surface area contributed by atoms with Crippen molar-refractivity contribution in [3.8, 4) is 5.88 Å². The number of pyridine rings is 1. The molecule has 0 aromatic carbocycles. The van der Waals surface area contributed by atoms with E-state index in [1.165, 1.54) is 12.1 Å². The Morgan fingerprint density at radius 3 is 2.65 bits per heavy atom. The van der Waals surface area contributed by atoms with Crippen LogP contribution >= 0.6 is 15.9 Å². The number of nitrogens with zero attached hydrogens (tertiary/aromatic N) is 1. The molecule has 0 saturated carbocycles. The molecular weight excluding hydrogens is 307 g/mol. The molecule has 1 rings (SSSR count). The minimum absolute atomic E-state index is 0.242. The van der Waals surface area contributed by atoms with Gasteiger partial charge in [-0.25, -0.2) is 22.9 Å². The zero-order valence-corrected chi connectivity index (χ0v) is 9.83. The average molecular weight is 314 g/mol. The van der Waals surface area contributed by atoms with Crippen molar-refractivity contribution in [1.82, 2.24) is 4.98 Å². The van der Waals surface area contributed by atoms with E-state index in [1.54, 1.807) is 0 Å². The van der Waals surface area contributed by atoms with E-state index in [0.29, 0.717) is 0 Å². The molecule has 0 aliphatic carbocycles. The lowest BCUT2D eigenvalue weighted by Crippen LogP contribution is -2.21. The summed E-state index contributed by atoms with van der Waals surface area (Å²) in [6.45, 7) is -0.896. The second-order valence-electron chi connectivity index (χ2n) is 2.95. The highest BCUT2D eigenvalue weighted by atomic mass is 79.9. The predicted molar refractivity (Wildman–Crippen MR) is 55.3 cm³/mol. The molecule has 0 amide bonds. The lowest BCUT2D eigenvalue weighted by Gasteiger charge is -2.10. The molecule has 1 aromatic rings. The Labute approximate surface area is 103 Å². The summed E-state index contributed by atoms with van der Waals surface area (Å²) in [5, 5.41) is 8.64. The molecule has 1 heterocycles. The van der Waals surface area contributed by atoms with Crippen molar-refractivity contribution in [2.75, 3.05) is 6.61 Å². The maximum atomic E-state index is 12.6. The Hall–Kier alpha value is -1.31. The van der Waals surface area contributed by atoms with E-state index in [-0.39, 0.29) is 16.0 Å². The topological polar surface area (TPSA) is 59.4 Å². The molecule has 0 fully saturated rings. The summed E-state index contributed by atoms with van der Waals surface area (Å²) >= 11 is 2.98. The van der Waals surface area contributed by atoms with Crippen LogP contribution in [0.2, 0.25) is 0 Å². The van der Waals surface area contributed by atoms with Crippen molar-refractivity contribution >= 4 is 21.9 Å². The minimum Gasteiger partial charge on any atom is -0.477 e. The summed E-state index contributed by atoms with van der Waals surface area (Å²) in [6.07, 6.45) is -5.60. The monoisotopic (exact) mass is 313 g/mol. The maximum absolute atomic E-state index is 12.6. The largest absolute Gasteiger partial charge is 0.477 e. The van der Waals surface area contributed by atoms with Gasteiger partial charge in [0.1, 0.15) is 6.61 Å². The van der Waals surface area contributed by atoms with E-state index < -0.39 is 25.2 Å². The van der Waals surface area contributed by atoms with E-state index in [0.717, 1.165) is 0 Å². The molecule has 0 spiro atoms. The van der Waals surface area contributed by atoms with Crippen LogP contribution in [0, 0.1) is 0 Å². The van der Waals surface area contributed by atoms with Crippen LogP contribution in [-0.4, -0.2) is 35.3 Å². The molecule has 1 N–H and O–H groups in total. The minimum atomic E-state index is -3.16. The SMILES string of the molecule is O=C(O)c1ccc(Br)c(OCC(F)C(F)F)n1. The molecular formula is C9H7BrF3NO3. The van der Waals surface area contributed by atoms with Crippen LogP contribution in [0.4, 0.5) is 13.2 Å². The fourth-order valence-corrected chi connectivity index (χ4v) is 1.21. The third-order valence-electron chi connectivity index (χ3n) is 1.69. The third-order valence-corrected chi connectivity index (χ3v) is 2.29. The van der Waals surface area contributed by atoms with Gasteiger partial charge in [0.25, 0.3) is 6.43 Å². The number of carbonyl (C=O) groups is 1. The van der Waals surface area contributed by atoms with E-state index in [4.69, 9.17) is 5.11 Å². The van der Waals surface area contributed by atoms with Gasteiger partial charge in [-0.3, -0.25) is 0 Å². The Morgan fingerprint density at radius 1 is 1.47 bits per heavy atom. The highest BCUT2D eigenvalue weighted by Gasteiger charge is 2.21. The van der Waals surface area contributed by atoms with Gasteiger partial charge in [-0.15, -0.1) is 0 Å². The van der Waals surface area contributed by atoms with Crippen molar-refractivity contribution in [1.29, 1.82) is 0 Å². The fraction of sp³-hybridized carbons (Fsp3) is 0.333. The molecule has 0 bridgehead atoms. The number of rotatable bonds is 5. The smallest absolute Gasteiger partial charge is 0.354 e. The number of aromatic carboxylic acids is 1. The second-order valence-corrected chi connectivity index (χ2v) is 3.80. The molecule has 1 unspecified atom stereocenters. The number of alkyl halides is 3. The van der Waals surface area contributed by atoms with Crippen molar-refractivity contribution in [3.63, 3.8) is 0 Å². The van der Waals surface area contributed by atoms with Gasteiger partial charge in [-0.1, -0.05) is 0 Å². The van der Waals surface area contributed by atoms with Crippen LogP contribution in [0.1, 0.15) is 10.5 Å². The highest BCUT2D eigenvalue weighted by Crippen LogP contribution is 2.23. The Balaban J connectivity index is 2.76. The van der Waals surface area contributed by atoms with Gasteiger partial charge >= 0.3 is 5.97 Å². The first-order valence-electron chi connectivity index (χ1n) is 4.36. The molecule has 4 nitrogen and oxygen atoms in total. The van der Waals surface area contributed by atoms with Gasteiger partial charge in [0, 0.05) is 0 Å². The van der Waals surface area contributed by atoms with E-state index in [9.17, 15) is 18.0 Å². The number of carboxylic acid groups (broad SMARTS) is 1. The zero-order valence-electron chi connectivity index (χ0n) is 8.24. The Kier molecular flexibility index (Phi) is 4.73. The Bertz CT molecular complexity index is 416. The van der Waals surface area contributed by atoms with Crippen molar-refractivity contribution in [3.05, 3.63) is 22.3 Å². The van der Waals surface area contributed by atoms with Crippen LogP contribution in [0.15, 0.2) is 16.6 Å². The number of ether oxygens (including phenoxy) is 1. The molecule has 0 radical (unpaired) electrons. The quantitative estimate of drug-likeness (QED) is 0.907. The lowest BCUT2D eigenvalue weighted by atomic mass is 10.3. The summed E-state index contributed by atoms with van der Waals surface area (Å²) < 4.78 is 41.2. The third kappa shape index (κ3) is 3.88. The summed E-state index contributed by atoms with van der Waals surface area (Å²) in [6, 6.07) is 2.51. The van der Waals surface area contributed by atoms with Gasteiger partial charge in [0.15, 0.2) is 11.9 Å². The van der Waals surface area contributed by atoms with E-state index in [2.05, 4.69) is 25.7 Å². The first-order valence-corrected chi connectivity index (χ1v) is 5.16. The van der Waals surface area contributed by atoms with Gasteiger partial charge in [-0.05, 0) is 28.1 Å². The van der Waals surface area contributed by atoms with Crippen LogP contribution in [0.25, 0.3) is 0 Å². The second kappa shape index (κ2) is 5.85. The maximum Gasteiger partial charge on any atom is 0.354 e. The summed E-state index contributed by atoms with van der Waals surface area (Å²) in [4.78, 5) is 14.1. The molecule has 17 heavy (non-hydrogen) atoms. The highest BCUT2D eigenvalue weighted by molar-refractivity contribution is 9.10. The predicted octanol–water partition coefficient (Wildman–Crippen LogP) is 2.52. The lowest BCUT2D eigenvalue weighted by molar-refractivity contribution is 0.0218. The van der Waals surface area contributed by atoms with Crippen LogP contribution in [0.3, 0.4) is 0 Å². The van der Waals surface area contributed by atoms with Crippen molar-refractivity contribution in [2.45, 2.75) is 12.6 Å². The van der Waals surface area contributed by atoms with Gasteiger partial charge < -0.3 is 9.84 Å². The van der Waals surface area contributed by atoms with Crippen LogP contribution in [0.5, 0.6) is 5.88 Å². The molecule has 8 heteroatoms. The van der Waals surface area contributed by atoms with Gasteiger partial charge in [0.2, 0.25) is 5.88 Å². The zero-order chi connectivity index (χ0) is 13.0. The molecule has 0 saturated heterocycles. The summed E-state index contributed by atoms with van der Waals surface area (Å²) in [7, 11) is 0. The van der Waals surface area contributed by atoms with Crippen LogP contribution in [-0.2, 0) is 0 Å². The molecule has 0 aliphatic rings. The first-order chi connectivity index (χ1) is 7.91. The number of aromatic nitrogens is 1. The molecule has 0 aliphatic heterocycles. The fourth-order valence-electron chi connectivity index (χ4n) is 0.875. The van der Waals surface area contributed by atoms with E-state index in [1.807, 2.05) is 0 Å². The number of halogens is 4. The Morgan fingerprint density at radius 2 is 2.12 bits per heavy atom. The number of hydrogen-bond donors (Lipinski definition) is 1. The number of hydrogen-bond acceptors (Lipinski definition) is 3. The first kappa shape index (κ1) is 13.8. The van der Waals surface area contributed by atoms with Crippen LogP contribution < -0.4 is 4.74 Å². The van der Waals surface area contributed by atoms with E-state index >= 15 is 0 Å². The number of carboxylic acids is 1. The van der Waals surface area contributed by atoms with Gasteiger partial charge in [0.05, 0.1) is 4.47 Å². The standard InChI is InChI=1S/C9H7BrF3NO3/c10-4-1-2-6(9(15)16)14-8(4)17-3-5(11)7(12)13/h1-2,5,7H,3H2,(H,15,16). The van der Waals surface area contributed by atoms with Gasteiger partial charge in [-0.2, -0.15) is 0 Å². The molecule has 94 valence electrons.